The second kappa shape index (κ2) is 14.7. The second-order valence-corrected chi connectivity index (χ2v) is 15.3. The molecule has 0 amide bonds. The largest absolute Gasteiger partial charge is 0.497 e. The molecule has 0 aliphatic carbocycles. The van der Waals surface area contributed by atoms with Crippen molar-refractivity contribution in [1.82, 2.24) is 34.9 Å². The number of aryl methyl sites for hydroxylation is 1. The molecule has 12 heteroatoms. The number of hydrogen-bond acceptors (Lipinski definition) is 11. The van der Waals surface area contributed by atoms with Crippen LogP contribution in [-0.4, -0.2) is 75.3 Å². The number of pyridine rings is 1. The van der Waals surface area contributed by atoms with Gasteiger partial charge >= 0.3 is 0 Å². The Bertz CT molecular complexity index is 2860. The Labute approximate surface area is 340 Å². The van der Waals surface area contributed by atoms with Gasteiger partial charge in [-0.05, 0) is 78.2 Å². The Morgan fingerprint density at radius 1 is 0.621 bits per heavy atom. The zero-order valence-electron chi connectivity index (χ0n) is 32.2. The third kappa shape index (κ3) is 6.47. The molecule has 4 aromatic heterocycles. The van der Waals surface area contributed by atoms with E-state index >= 15 is 0 Å². The van der Waals surface area contributed by atoms with E-state index in [1.807, 2.05) is 48.7 Å². The lowest BCUT2D eigenvalue weighted by Crippen LogP contribution is -2.46. The first-order valence-electron chi connectivity index (χ1n) is 19.2. The smallest absolute Gasteiger partial charge is 0.225 e. The molecule has 0 spiro atoms. The van der Waals surface area contributed by atoms with Crippen LogP contribution in [0, 0.1) is 6.92 Å². The molecule has 2 fully saturated rings. The minimum atomic E-state index is 0.150. The van der Waals surface area contributed by atoms with E-state index in [1.54, 1.807) is 39.0 Å². The summed E-state index contributed by atoms with van der Waals surface area (Å²) in [6.45, 7) is 5.11. The van der Waals surface area contributed by atoms with E-state index in [1.165, 1.54) is 0 Å². The molecular formula is C46H38ClN9O2. The topological polar surface area (TPSA) is 115 Å². The van der Waals surface area contributed by atoms with Crippen LogP contribution < -0.4 is 19.3 Å². The molecule has 286 valence electrons. The van der Waals surface area contributed by atoms with E-state index in [-0.39, 0.29) is 11.8 Å². The van der Waals surface area contributed by atoms with Gasteiger partial charge in [0.2, 0.25) is 5.95 Å². The number of para-hydroxylation sites is 1. The monoisotopic (exact) mass is 783 g/mol. The van der Waals surface area contributed by atoms with Gasteiger partial charge in [0.15, 0.2) is 0 Å². The van der Waals surface area contributed by atoms with Crippen molar-refractivity contribution in [1.29, 1.82) is 0 Å². The first-order chi connectivity index (χ1) is 28.4. The van der Waals surface area contributed by atoms with Crippen LogP contribution in [0.5, 0.6) is 11.5 Å². The summed E-state index contributed by atoms with van der Waals surface area (Å²) in [6, 6.07) is 28.5. The predicted molar refractivity (Wildman–Crippen MR) is 228 cm³/mol. The van der Waals surface area contributed by atoms with Crippen LogP contribution in [0.4, 0.5) is 11.8 Å². The summed E-state index contributed by atoms with van der Waals surface area (Å²) in [5.41, 5.74) is 10.6. The lowest BCUT2D eigenvalue weighted by atomic mass is 9.90. The number of hydrogen-bond donors (Lipinski definition) is 0. The van der Waals surface area contributed by atoms with Crippen molar-refractivity contribution in [2.45, 2.75) is 18.8 Å². The third-order valence-corrected chi connectivity index (χ3v) is 11.5. The summed E-state index contributed by atoms with van der Waals surface area (Å²) < 4.78 is 11.4. The SMILES string of the molecule is COc1cccc(-c2nccnc2C2CN(c3cc(-c4cc(OC)cc(-c5nccnc5C5CN(c6ncc7cc(Cl)ccc7n6)C5)c4)c4cccc(C)c4n3)C2)c1. The van der Waals surface area contributed by atoms with Crippen LogP contribution >= 0.6 is 11.6 Å². The van der Waals surface area contributed by atoms with Crippen LogP contribution in [-0.2, 0) is 0 Å². The number of benzene rings is 4. The van der Waals surface area contributed by atoms with Crippen molar-refractivity contribution in [2.24, 2.45) is 0 Å². The Morgan fingerprint density at radius 2 is 1.29 bits per heavy atom. The van der Waals surface area contributed by atoms with Gasteiger partial charge in [-0.25, -0.2) is 15.0 Å². The Kier molecular flexibility index (Phi) is 9.01. The van der Waals surface area contributed by atoms with Gasteiger partial charge in [0.1, 0.15) is 17.3 Å². The van der Waals surface area contributed by atoms with Gasteiger partial charge in [-0.2, -0.15) is 0 Å². The molecule has 0 bridgehead atoms. The number of halogens is 1. The van der Waals surface area contributed by atoms with Crippen LogP contribution in [0.15, 0.2) is 116 Å². The molecule has 0 atom stereocenters. The number of aromatic nitrogens is 7. The van der Waals surface area contributed by atoms with E-state index in [4.69, 9.17) is 51.0 Å². The van der Waals surface area contributed by atoms with E-state index in [0.29, 0.717) is 11.0 Å². The average molecular weight is 784 g/mol. The summed E-state index contributed by atoms with van der Waals surface area (Å²) in [5.74, 6) is 3.48. The molecule has 2 aliphatic rings. The maximum absolute atomic E-state index is 6.19. The molecule has 2 aliphatic heterocycles. The molecule has 0 saturated carbocycles. The van der Waals surface area contributed by atoms with Crippen molar-refractivity contribution in [3.05, 3.63) is 138 Å². The molecule has 58 heavy (non-hydrogen) atoms. The Hall–Kier alpha value is -6.72. The highest BCUT2D eigenvalue weighted by Gasteiger charge is 2.35. The zero-order chi connectivity index (χ0) is 39.3. The van der Waals surface area contributed by atoms with Crippen molar-refractivity contribution >= 4 is 45.2 Å². The molecule has 4 aromatic carbocycles. The van der Waals surface area contributed by atoms with Crippen LogP contribution in [0.1, 0.15) is 28.8 Å². The van der Waals surface area contributed by atoms with Gasteiger partial charge in [-0.1, -0.05) is 41.9 Å². The first-order valence-corrected chi connectivity index (χ1v) is 19.6. The van der Waals surface area contributed by atoms with Gasteiger partial charge in [0.25, 0.3) is 0 Å². The fourth-order valence-corrected chi connectivity index (χ4v) is 8.28. The molecule has 0 N–H and O–H groups in total. The highest BCUT2D eigenvalue weighted by atomic mass is 35.5. The lowest BCUT2D eigenvalue weighted by Gasteiger charge is -2.40. The Morgan fingerprint density at radius 3 is 2.05 bits per heavy atom. The van der Waals surface area contributed by atoms with Crippen LogP contribution in [0.3, 0.4) is 0 Å². The summed E-state index contributed by atoms with van der Waals surface area (Å²) in [6.07, 6.45) is 8.88. The minimum absolute atomic E-state index is 0.150. The first kappa shape index (κ1) is 35.7. The molecule has 8 aromatic rings. The average Bonchev–Trinajstić information content (AvgIpc) is 3.23. The van der Waals surface area contributed by atoms with Crippen molar-refractivity contribution in [3.63, 3.8) is 0 Å². The number of methoxy groups -OCH3 is 2. The minimum Gasteiger partial charge on any atom is -0.497 e. The molecule has 2 saturated heterocycles. The van der Waals surface area contributed by atoms with E-state index in [2.05, 4.69) is 64.2 Å². The summed E-state index contributed by atoms with van der Waals surface area (Å²) in [4.78, 5) is 38.5. The predicted octanol–water partition coefficient (Wildman–Crippen LogP) is 8.95. The molecule has 0 radical (unpaired) electrons. The van der Waals surface area contributed by atoms with Crippen LogP contribution in [0.2, 0.25) is 5.02 Å². The van der Waals surface area contributed by atoms with Gasteiger partial charge in [-0.15, -0.1) is 0 Å². The summed E-state index contributed by atoms with van der Waals surface area (Å²) in [7, 11) is 3.38. The van der Waals surface area contributed by atoms with Gasteiger partial charge in [-0.3, -0.25) is 19.9 Å². The molecular weight excluding hydrogens is 746 g/mol. The van der Waals surface area contributed by atoms with Crippen LogP contribution in [0.25, 0.3) is 55.4 Å². The normalized spacial score (nSPS) is 14.4. The number of rotatable bonds is 9. The lowest BCUT2D eigenvalue weighted by molar-refractivity contribution is 0.415. The van der Waals surface area contributed by atoms with Gasteiger partial charge in [0.05, 0.1) is 48.0 Å². The Balaban J connectivity index is 0.965. The number of fused-ring (bicyclic) bond motifs is 2. The number of anilines is 2. The molecule has 6 heterocycles. The zero-order valence-corrected chi connectivity index (χ0v) is 32.9. The van der Waals surface area contributed by atoms with Crippen molar-refractivity contribution < 1.29 is 9.47 Å². The molecule has 0 unspecified atom stereocenters. The number of nitrogens with zero attached hydrogens (tertiary/aromatic N) is 9. The van der Waals surface area contributed by atoms with E-state index < -0.39 is 0 Å². The standard InChI is InChI=1S/C46H38ClN9O2/c1-27-6-4-9-37-38(21-40(54-41(27)37)55-23-32(24-55)44-42(48-12-14-50-44)28-7-5-8-35(18-28)57-2)29-16-30(20-36(19-29)58-3)43-45(51-15-13-49-43)33-25-56(26-33)46-52-22-31-17-34(47)10-11-39(31)53-46/h4-22,32-33H,23-26H2,1-3H3. The fourth-order valence-electron chi connectivity index (χ4n) is 8.10. The molecule has 10 rings (SSSR count). The maximum atomic E-state index is 6.19. The fraction of sp³-hybridized carbons (Fsp3) is 0.196. The third-order valence-electron chi connectivity index (χ3n) is 11.2. The summed E-state index contributed by atoms with van der Waals surface area (Å²) in [5, 5.41) is 2.65. The highest BCUT2D eigenvalue weighted by Crippen LogP contribution is 2.42. The van der Waals surface area contributed by atoms with Gasteiger partial charge in [0, 0.05) is 95.9 Å². The second-order valence-electron chi connectivity index (χ2n) is 14.8. The maximum Gasteiger partial charge on any atom is 0.225 e. The van der Waals surface area contributed by atoms with E-state index in [0.717, 1.165) is 116 Å². The quantitative estimate of drug-likeness (QED) is 0.140. The van der Waals surface area contributed by atoms with E-state index in [9.17, 15) is 0 Å². The summed E-state index contributed by atoms with van der Waals surface area (Å²) >= 11 is 6.19. The van der Waals surface area contributed by atoms with Crippen molar-refractivity contribution in [3.8, 4) is 45.1 Å². The van der Waals surface area contributed by atoms with Gasteiger partial charge < -0.3 is 19.3 Å². The highest BCUT2D eigenvalue weighted by molar-refractivity contribution is 6.31. The van der Waals surface area contributed by atoms with Crippen molar-refractivity contribution in [2.75, 3.05) is 50.2 Å². The molecule has 11 nitrogen and oxygen atoms in total. The number of ether oxygens (including phenoxy) is 2.